The van der Waals surface area contributed by atoms with Gasteiger partial charge in [-0.05, 0) is 6.07 Å². The molecule has 0 fully saturated rings. The molecule has 0 spiro atoms. The molecule has 7 nitrogen and oxygen atoms in total. The van der Waals surface area contributed by atoms with E-state index in [4.69, 9.17) is 15.2 Å². The number of rotatable bonds is 7. The Morgan fingerprint density at radius 2 is 1.95 bits per heavy atom. The maximum absolute atomic E-state index is 12.1. The number of nitrogens with two attached hydrogens (primary N) is 1. The SMILES string of the molecule is CCS(=O)(=O)CCNC(=O)c1cc(OC)cc(OC)c1N. The van der Waals surface area contributed by atoms with Crippen LogP contribution in [0.1, 0.15) is 17.3 Å². The molecule has 3 N–H and O–H groups in total. The fraction of sp³-hybridized carbons (Fsp3) is 0.462. The number of sulfone groups is 1. The number of hydrogen-bond donors (Lipinski definition) is 2. The van der Waals surface area contributed by atoms with Crippen molar-refractivity contribution in [3.05, 3.63) is 17.7 Å². The first-order valence-corrected chi connectivity index (χ1v) is 8.16. The Morgan fingerprint density at radius 3 is 2.48 bits per heavy atom. The Morgan fingerprint density at radius 1 is 1.29 bits per heavy atom. The molecular weight excluding hydrogens is 296 g/mol. The van der Waals surface area contributed by atoms with Gasteiger partial charge in [0, 0.05) is 18.4 Å². The van der Waals surface area contributed by atoms with Crippen LogP contribution in [0.2, 0.25) is 0 Å². The van der Waals surface area contributed by atoms with Crippen LogP contribution in [-0.2, 0) is 9.84 Å². The first-order chi connectivity index (χ1) is 9.84. The summed E-state index contributed by atoms with van der Waals surface area (Å²) in [6.45, 7) is 1.58. The van der Waals surface area contributed by atoms with Gasteiger partial charge in [-0.1, -0.05) is 6.92 Å². The highest BCUT2D eigenvalue weighted by Crippen LogP contribution is 2.30. The highest BCUT2D eigenvalue weighted by molar-refractivity contribution is 7.91. The Balaban J connectivity index is 2.87. The molecule has 0 heterocycles. The number of carbonyl (C=O) groups is 1. The molecule has 0 unspecified atom stereocenters. The minimum atomic E-state index is -3.13. The smallest absolute Gasteiger partial charge is 0.253 e. The summed E-state index contributed by atoms with van der Waals surface area (Å²) in [4.78, 5) is 12.1. The largest absolute Gasteiger partial charge is 0.497 e. The third kappa shape index (κ3) is 4.52. The van der Waals surface area contributed by atoms with Crippen molar-refractivity contribution in [3.63, 3.8) is 0 Å². The molecule has 8 heteroatoms. The standard InChI is InChI=1S/C13H20N2O5S/c1-4-21(17,18)6-5-15-13(16)10-7-9(19-2)8-11(20-3)12(10)14/h7-8H,4-6,14H2,1-3H3,(H,15,16). The van der Waals surface area contributed by atoms with Crippen molar-refractivity contribution in [1.29, 1.82) is 0 Å². The first-order valence-electron chi connectivity index (χ1n) is 6.34. The van der Waals surface area contributed by atoms with Crippen molar-refractivity contribution in [3.8, 4) is 11.5 Å². The number of hydrogen-bond acceptors (Lipinski definition) is 6. The zero-order valence-corrected chi connectivity index (χ0v) is 13.1. The van der Waals surface area contributed by atoms with Gasteiger partial charge < -0.3 is 20.5 Å². The van der Waals surface area contributed by atoms with Gasteiger partial charge in [-0.25, -0.2) is 8.42 Å². The molecule has 118 valence electrons. The molecule has 0 radical (unpaired) electrons. The predicted molar refractivity (Wildman–Crippen MR) is 80.6 cm³/mol. The van der Waals surface area contributed by atoms with Crippen LogP contribution < -0.4 is 20.5 Å². The average molecular weight is 316 g/mol. The number of carbonyl (C=O) groups excluding carboxylic acids is 1. The van der Waals surface area contributed by atoms with Gasteiger partial charge in [-0.3, -0.25) is 4.79 Å². The van der Waals surface area contributed by atoms with Gasteiger partial charge >= 0.3 is 0 Å². The van der Waals surface area contributed by atoms with Gasteiger partial charge in [-0.2, -0.15) is 0 Å². The molecule has 21 heavy (non-hydrogen) atoms. The summed E-state index contributed by atoms with van der Waals surface area (Å²) in [6, 6.07) is 3.04. The lowest BCUT2D eigenvalue weighted by molar-refractivity contribution is 0.0956. The lowest BCUT2D eigenvalue weighted by Gasteiger charge is -2.12. The van der Waals surface area contributed by atoms with E-state index in [1.165, 1.54) is 20.3 Å². The summed E-state index contributed by atoms with van der Waals surface area (Å²) in [5.41, 5.74) is 6.20. The minimum Gasteiger partial charge on any atom is -0.497 e. The molecule has 1 aromatic carbocycles. The maximum Gasteiger partial charge on any atom is 0.253 e. The summed E-state index contributed by atoms with van der Waals surface area (Å²) in [5, 5.41) is 2.52. The second-order valence-electron chi connectivity index (χ2n) is 4.28. The van der Waals surface area contributed by atoms with Crippen LogP contribution in [0.3, 0.4) is 0 Å². The van der Waals surface area contributed by atoms with E-state index in [1.54, 1.807) is 13.0 Å². The van der Waals surface area contributed by atoms with E-state index in [2.05, 4.69) is 5.32 Å². The summed E-state index contributed by atoms with van der Waals surface area (Å²) in [7, 11) is -0.238. The van der Waals surface area contributed by atoms with Crippen molar-refractivity contribution in [2.24, 2.45) is 0 Å². The summed E-state index contributed by atoms with van der Waals surface area (Å²) in [5.74, 6) is 0.192. The molecule has 0 saturated carbocycles. The van der Waals surface area contributed by atoms with Crippen molar-refractivity contribution < 1.29 is 22.7 Å². The van der Waals surface area contributed by atoms with Crippen LogP contribution in [0.25, 0.3) is 0 Å². The predicted octanol–water partition coefficient (Wildman–Crippen LogP) is 0.451. The quantitative estimate of drug-likeness (QED) is 0.707. The number of nitrogen functional groups attached to an aromatic ring is 1. The van der Waals surface area contributed by atoms with E-state index in [0.717, 1.165) is 0 Å². The monoisotopic (exact) mass is 316 g/mol. The van der Waals surface area contributed by atoms with Crippen LogP contribution >= 0.6 is 0 Å². The Kier molecular flexibility index (Phi) is 5.83. The Labute approximate surface area is 124 Å². The molecule has 0 saturated heterocycles. The lowest BCUT2D eigenvalue weighted by Crippen LogP contribution is -2.30. The first kappa shape index (κ1) is 17.1. The average Bonchev–Trinajstić information content (AvgIpc) is 2.47. The summed E-state index contributed by atoms with van der Waals surface area (Å²) in [6.07, 6.45) is 0. The molecule has 0 aliphatic heterocycles. The lowest BCUT2D eigenvalue weighted by atomic mass is 10.1. The fourth-order valence-electron chi connectivity index (χ4n) is 1.64. The summed E-state index contributed by atoms with van der Waals surface area (Å²) >= 11 is 0. The van der Waals surface area contributed by atoms with E-state index < -0.39 is 15.7 Å². The van der Waals surface area contributed by atoms with Crippen molar-refractivity contribution in [1.82, 2.24) is 5.32 Å². The van der Waals surface area contributed by atoms with Gasteiger partial charge in [0.15, 0.2) is 9.84 Å². The van der Waals surface area contributed by atoms with Gasteiger partial charge in [0.2, 0.25) is 0 Å². The van der Waals surface area contributed by atoms with Crippen molar-refractivity contribution in [2.75, 3.05) is 38.0 Å². The van der Waals surface area contributed by atoms with E-state index in [9.17, 15) is 13.2 Å². The highest BCUT2D eigenvalue weighted by Gasteiger charge is 2.16. The van der Waals surface area contributed by atoms with Gasteiger partial charge in [0.1, 0.15) is 11.5 Å². The van der Waals surface area contributed by atoms with Crippen LogP contribution in [0, 0.1) is 0 Å². The third-order valence-electron chi connectivity index (χ3n) is 2.95. The van der Waals surface area contributed by atoms with Gasteiger partial charge in [0.25, 0.3) is 5.91 Å². The number of methoxy groups -OCH3 is 2. The van der Waals surface area contributed by atoms with E-state index >= 15 is 0 Å². The molecule has 1 rings (SSSR count). The molecule has 0 atom stereocenters. The molecule has 1 amide bonds. The second-order valence-corrected chi connectivity index (χ2v) is 6.76. The second kappa shape index (κ2) is 7.16. The normalized spacial score (nSPS) is 11.0. The van der Waals surface area contributed by atoms with Crippen LogP contribution in [-0.4, -0.2) is 46.6 Å². The van der Waals surface area contributed by atoms with Crippen LogP contribution in [0.15, 0.2) is 12.1 Å². The van der Waals surface area contributed by atoms with Crippen LogP contribution in [0.4, 0.5) is 5.69 Å². The highest BCUT2D eigenvalue weighted by atomic mass is 32.2. The van der Waals surface area contributed by atoms with Crippen LogP contribution in [0.5, 0.6) is 11.5 Å². The van der Waals surface area contributed by atoms with E-state index in [1.807, 2.05) is 0 Å². The third-order valence-corrected chi connectivity index (χ3v) is 4.66. The number of ether oxygens (including phenoxy) is 2. The van der Waals surface area contributed by atoms with Gasteiger partial charge in [-0.15, -0.1) is 0 Å². The van der Waals surface area contributed by atoms with Crippen molar-refractivity contribution >= 4 is 21.4 Å². The Hall–Kier alpha value is -1.96. The number of benzene rings is 1. The van der Waals surface area contributed by atoms with Gasteiger partial charge in [0.05, 0.1) is 31.2 Å². The number of amides is 1. The van der Waals surface area contributed by atoms with E-state index in [0.29, 0.717) is 11.5 Å². The topological polar surface area (TPSA) is 108 Å². The molecule has 0 aromatic heterocycles. The zero-order chi connectivity index (χ0) is 16.0. The molecule has 0 aliphatic rings. The minimum absolute atomic E-state index is 0.0218. The molecule has 0 aliphatic carbocycles. The Bertz CT molecular complexity index is 613. The zero-order valence-electron chi connectivity index (χ0n) is 12.3. The number of anilines is 1. The maximum atomic E-state index is 12.1. The molecule has 1 aromatic rings. The number of nitrogens with one attached hydrogen (secondary N) is 1. The molecular formula is C13H20N2O5S. The van der Waals surface area contributed by atoms with E-state index in [-0.39, 0.29) is 29.3 Å². The summed E-state index contributed by atoms with van der Waals surface area (Å²) < 4.78 is 32.9. The van der Waals surface area contributed by atoms with Crippen molar-refractivity contribution in [2.45, 2.75) is 6.92 Å². The fourth-order valence-corrected chi connectivity index (χ4v) is 2.34. The molecule has 0 bridgehead atoms.